The smallest absolute Gasteiger partial charge is 0.312 e. The number of nitrogens with zero attached hydrogens (tertiary/aromatic N) is 3. The van der Waals surface area contributed by atoms with Gasteiger partial charge in [0.2, 0.25) is 65.0 Å². The van der Waals surface area contributed by atoms with Crippen molar-refractivity contribution in [2.75, 3.05) is 19.7 Å². The van der Waals surface area contributed by atoms with Crippen LogP contribution in [-0.4, -0.2) is 172 Å². The van der Waals surface area contributed by atoms with Gasteiger partial charge in [-0.25, -0.2) is 4.79 Å². The molecular weight excluding hydrogens is 1290 g/mol. The number of carbonyl (C=O) groups excluding carboxylic acids is 12. The van der Waals surface area contributed by atoms with Gasteiger partial charge in [-0.3, -0.25) is 62.7 Å². The van der Waals surface area contributed by atoms with Gasteiger partial charge in [0.25, 0.3) is 0 Å². The van der Waals surface area contributed by atoms with Gasteiger partial charge in [0.05, 0.1) is 13.0 Å². The van der Waals surface area contributed by atoms with Gasteiger partial charge in [-0.2, -0.15) is 0 Å². The molecular formula is C67H86ClN17O13. The molecule has 13 amide bonds. The van der Waals surface area contributed by atoms with E-state index in [1.807, 2.05) is 36.4 Å². The molecule has 6 rings (SSSR count). The summed E-state index contributed by atoms with van der Waals surface area (Å²) in [7, 11) is 0. The maximum absolute atomic E-state index is 14.7. The molecule has 1 fully saturated rings. The van der Waals surface area contributed by atoms with E-state index in [4.69, 9.17) is 40.3 Å². The highest BCUT2D eigenvalue weighted by atomic mass is 35.5. The maximum atomic E-state index is 14.7. The normalized spacial score (nSPS) is 15.4. The van der Waals surface area contributed by atoms with Crippen LogP contribution in [0, 0.1) is 5.92 Å². The number of urea groups is 1. The fourth-order valence-corrected chi connectivity index (χ4v) is 11.1. The zero-order valence-electron chi connectivity index (χ0n) is 54.5. The van der Waals surface area contributed by atoms with Gasteiger partial charge in [-0.1, -0.05) is 116 Å². The average molecular weight is 1370 g/mol. The topological polar surface area (TPSA) is 492 Å². The number of amides is 13. The van der Waals surface area contributed by atoms with Crippen molar-refractivity contribution in [2.24, 2.45) is 39.6 Å². The molecule has 98 heavy (non-hydrogen) atoms. The number of aliphatic hydroxyl groups excluding tert-OH is 1. The van der Waals surface area contributed by atoms with Crippen LogP contribution in [0.25, 0.3) is 10.8 Å². The molecule has 524 valence electrons. The van der Waals surface area contributed by atoms with Gasteiger partial charge in [-0.05, 0) is 96.2 Å². The Balaban J connectivity index is 1.22. The molecule has 1 aromatic heterocycles. The largest absolute Gasteiger partial charge is 0.394 e. The summed E-state index contributed by atoms with van der Waals surface area (Å²) in [5.74, 6) is -10.6. The SMILES string of the molecule is CC(C)C[C@H](NC(=O)[C@@H](Cc1cccnc1)NC(=O)[C@H](CC(N)=O)NC(=O)[C@H](CO)NC(=O)[C@@H](Cc1ccccc1)NC(=O)[C@@H](Cc1ccc(Cl)cc1)NC(=O)[C@@H](Cc1ccc2ccccc2c1)NC(N)=O)C(=O)N[C@@H](CCCN=C(N)N)C(=O)N1CCC[C@H]1C(=O)N[C@H](C)C(N)=O. The third kappa shape index (κ3) is 24.2. The van der Waals surface area contributed by atoms with E-state index in [0.29, 0.717) is 33.7 Å². The summed E-state index contributed by atoms with van der Waals surface area (Å²) in [5, 5.41) is 36.0. The van der Waals surface area contributed by atoms with Crippen molar-refractivity contribution in [1.29, 1.82) is 0 Å². The Kier molecular flexibility index (Phi) is 29.2. The number of rotatable bonds is 36. The van der Waals surface area contributed by atoms with E-state index < -0.39 is 144 Å². The number of aliphatic imine (C=N–C) groups is 1. The van der Waals surface area contributed by atoms with Gasteiger partial charge in [-0.15, -0.1) is 0 Å². The molecule has 1 aliphatic heterocycles. The van der Waals surface area contributed by atoms with Gasteiger partial charge < -0.3 is 86.5 Å². The first-order valence-corrected chi connectivity index (χ1v) is 32.2. The van der Waals surface area contributed by atoms with Crippen LogP contribution in [0.15, 0.2) is 127 Å². The molecule has 1 saturated heterocycles. The minimum Gasteiger partial charge on any atom is -0.394 e. The molecule has 1 aliphatic rings. The molecule has 10 atom stereocenters. The molecule has 30 nitrogen and oxygen atoms in total. The molecule has 20 N–H and O–H groups in total. The minimum atomic E-state index is -1.90. The average Bonchev–Trinajstić information content (AvgIpc) is 1.45. The van der Waals surface area contributed by atoms with Crippen LogP contribution in [0.1, 0.15) is 81.5 Å². The number of nitrogens with two attached hydrogens (primary N) is 5. The number of nitrogens with one attached hydrogen (secondary N) is 9. The fraction of sp³-hybridized carbons (Fsp3) is 0.403. The number of hydrogen-bond acceptors (Lipinski definition) is 15. The molecule has 0 aliphatic carbocycles. The number of hydrogen-bond donors (Lipinski definition) is 15. The molecule has 0 radical (unpaired) electrons. The van der Waals surface area contributed by atoms with E-state index in [9.17, 15) is 62.6 Å². The summed E-state index contributed by atoms with van der Waals surface area (Å²) in [4.78, 5) is 175. The standard InChI is InChI=1S/C67H86ClN17O13/c1-37(2)28-47(57(89)77-46(17-10-26-75-66(71)72)65(97)85-27-11-18-54(85)64(96)76-38(3)56(70)88)78-59(91)50(33-42-14-9-25-74-35-42)81-62(94)52(34-55(69)87)82-63(95)53(36-86)83-60(92)48(30-39-12-5-4-6-13-39)79-58(90)49(31-40-20-23-45(68)24-21-40)80-61(93)51(84-67(73)98)32-41-19-22-43-15-7-8-16-44(43)29-41/h4-9,12-16,19-25,29,35,37-38,46-54,86H,10-11,17-18,26-28,30-34,36H2,1-3H3,(H2,69,87)(H2,70,88)(H,76,96)(H,77,89)(H,78,91)(H,79,90)(H,80,93)(H,81,94)(H,82,95)(H,83,92)(H4,71,72,75)(H3,73,84,98)/t38-,46+,47+,48-,49-,50-,51-,52+,53+,54+/m1/s1. The second-order valence-electron chi connectivity index (χ2n) is 24.2. The predicted octanol–water partition coefficient (Wildman–Crippen LogP) is -1.46. The zero-order valence-corrected chi connectivity index (χ0v) is 55.3. The van der Waals surface area contributed by atoms with Crippen molar-refractivity contribution in [3.8, 4) is 0 Å². The fourth-order valence-electron chi connectivity index (χ4n) is 10.9. The number of fused-ring (bicyclic) bond motifs is 1. The van der Waals surface area contributed by atoms with Crippen LogP contribution >= 0.6 is 11.6 Å². The third-order valence-corrected chi connectivity index (χ3v) is 16.2. The summed E-state index contributed by atoms with van der Waals surface area (Å²) < 4.78 is 0. The van der Waals surface area contributed by atoms with E-state index in [0.717, 1.165) is 10.8 Å². The number of aromatic nitrogens is 1. The molecule has 0 spiro atoms. The van der Waals surface area contributed by atoms with E-state index in [-0.39, 0.29) is 76.3 Å². The lowest BCUT2D eigenvalue weighted by atomic mass is 9.99. The Morgan fingerprint density at radius 1 is 0.551 bits per heavy atom. The summed E-state index contributed by atoms with van der Waals surface area (Å²) in [6.07, 6.45) is 2.00. The van der Waals surface area contributed by atoms with Crippen molar-refractivity contribution in [3.05, 3.63) is 149 Å². The first kappa shape index (κ1) is 76.3. The van der Waals surface area contributed by atoms with Crippen molar-refractivity contribution in [1.82, 2.24) is 57.7 Å². The van der Waals surface area contributed by atoms with Crippen molar-refractivity contribution >= 4 is 99.3 Å². The Hall–Kier alpha value is -10.7. The van der Waals surface area contributed by atoms with Crippen LogP contribution in [0.2, 0.25) is 5.02 Å². The van der Waals surface area contributed by atoms with E-state index >= 15 is 0 Å². The minimum absolute atomic E-state index is 0.0191. The van der Waals surface area contributed by atoms with Crippen LogP contribution in [-0.2, 0) is 78.4 Å². The van der Waals surface area contributed by atoms with Crippen molar-refractivity contribution < 1.29 is 62.6 Å². The van der Waals surface area contributed by atoms with Crippen molar-refractivity contribution in [2.45, 2.75) is 145 Å². The Bertz CT molecular complexity index is 3660. The third-order valence-electron chi connectivity index (χ3n) is 16.0. The second-order valence-corrected chi connectivity index (χ2v) is 24.7. The number of benzene rings is 4. The summed E-state index contributed by atoms with van der Waals surface area (Å²) in [6, 6.07) is 15.4. The highest BCUT2D eigenvalue weighted by Crippen LogP contribution is 2.22. The van der Waals surface area contributed by atoms with Crippen LogP contribution in [0.5, 0.6) is 0 Å². The Labute approximate surface area is 570 Å². The summed E-state index contributed by atoms with van der Waals surface area (Å²) >= 11 is 6.20. The Morgan fingerprint density at radius 2 is 1.04 bits per heavy atom. The van der Waals surface area contributed by atoms with Crippen LogP contribution in [0.3, 0.4) is 0 Å². The molecule has 5 aromatic rings. The first-order chi connectivity index (χ1) is 46.7. The van der Waals surface area contributed by atoms with E-state index in [2.05, 4.69) is 57.8 Å². The van der Waals surface area contributed by atoms with Crippen LogP contribution < -0.4 is 76.5 Å². The number of likely N-dealkylation sites (tertiary alicyclic amines) is 1. The van der Waals surface area contributed by atoms with Gasteiger partial charge in [0, 0.05) is 56.2 Å². The molecule has 2 heterocycles. The number of guanidine groups is 1. The highest BCUT2D eigenvalue weighted by molar-refractivity contribution is 6.30. The number of primary amides is 3. The van der Waals surface area contributed by atoms with Crippen LogP contribution in [0.4, 0.5) is 4.79 Å². The van der Waals surface area contributed by atoms with E-state index in [1.165, 1.54) is 24.2 Å². The zero-order chi connectivity index (χ0) is 71.6. The molecule has 4 aromatic carbocycles. The number of aliphatic hydroxyl groups is 1. The van der Waals surface area contributed by atoms with Gasteiger partial charge in [0.1, 0.15) is 60.4 Å². The predicted molar refractivity (Wildman–Crippen MR) is 363 cm³/mol. The monoisotopic (exact) mass is 1370 g/mol. The summed E-state index contributed by atoms with van der Waals surface area (Å²) in [5.41, 5.74) is 29.7. The number of pyridine rings is 1. The van der Waals surface area contributed by atoms with Gasteiger partial charge >= 0.3 is 6.03 Å². The first-order valence-electron chi connectivity index (χ1n) is 31.9. The maximum Gasteiger partial charge on any atom is 0.312 e. The van der Waals surface area contributed by atoms with Gasteiger partial charge in [0.15, 0.2) is 5.96 Å². The highest BCUT2D eigenvalue weighted by Gasteiger charge is 2.40. The molecule has 31 heteroatoms. The lowest BCUT2D eigenvalue weighted by molar-refractivity contribution is -0.142. The lowest BCUT2D eigenvalue weighted by Crippen LogP contribution is -2.62. The molecule has 0 unspecified atom stereocenters. The van der Waals surface area contributed by atoms with Crippen molar-refractivity contribution in [3.63, 3.8) is 0 Å². The number of carbonyl (C=O) groups is 12. The quantitative estimate of drug-likeness (QED) is 0.0124. The summed E-state index contributed by atoms with van der Waals surface area (Å²) in [6.45, 7) is 3.98. The second kappa shape index (κ2) is 37.5. The van der Waals surface area contributed by atoms with E-state index in [1.54, 1.807) is 86.6 Å². The lowest BCUT2D eigenvalue weighted by Gasteiger charge is -2.31. The Morgan fingerprint density at radius 3 is 1.60 bits per heavy atom. The molecule has 0 saturated carbocycles. The molecule has 0 bridgehead atoms. The number of halogens is 1.